The van der Waals surface area contributed by atoms with Gasteiger partial charge in [0.05, 0.1) is 6.04 Å². The second-order valence-electron chi connectivity index (χ2n) is 8.37. The molecular weight excluding hydrogens is 434 g/mol. The molecule has 0 aliphatic carbocycles. The largest absolute Gasteiger partial charge is 0.480 e. The third kappa shape index (κ3) is 7.63. The molecule has 0 bridgehead atoms. The number of rotatable bonds is 13. The quantitative estimate of drug-likeness (QED) is 0.229. The highest BCUT2D eigenvalue weighted by Gasteiger charge is 2.38. The van der Waals surface area contributed by atoms with Gasteiger partial charge < -0.3 is 31.7 Å². The number of thioether (sulfide) groups is 1. The second kappa shape index (κ2) is 13.6. The van der Waals surface area contributed by atoms with E-state index in [2.05, 4.69) is 16.0 Å². The van der Waals surface area contributed by atoms with Crippen LogP contribution in [0.2, 0.25) is 0 Å². The predicted molar refractivity (Wildman–Crippen MR) is 123 cm³/mol. The lowest BCUT2D eigenvalue weighted by Crippen LogP contribution is -2.57. The van der Waals surface area contributed by atoms with Gasteiger partial charge in [-0.3, -0.25) is 14.4 Å². The Labute approximate surface area is 193 Å². The average molecular weight is 472 g/mol. The van der Waals surface area contributed by atoms with Crippen molar-refractivity contribution in [3.8, 4) is 0 Å². The maximum atomic E-state index is 13.1. The molecule has 2 aliphatic rings. The van der Waals surface area contributed by atoms with Crippen molar-refractivity contribution >= 4 is 35.5 Å². The van der Waals surface area contributed by atoms with Crippen LogP contribution in [0.25, 0.3) is 0 Å². The molecule has 6 N–H and O–H groups in total. The van der Waals surface area contributed by atoms with Crippen LogP contribution in [0, 0.1) is 0 Å². The molecule has 2 fully saturated rings. The van der Waals surface area contributed by atoms with Crippen LogP contribution in [0.3, 0.4) is 0 Å². The first kappa shape index (κ1) is 26.4. The maximum absolute atomic E-state index is 13.1. The number of carboxylic acid groups (broad SMARTS) is 1. The van der Waals surface area contributed by atoms with Crippen LogP contribution in [-0.2, 0) is 19.2 Å². The molecule has 0 saturated carbocycles. The molecule has 4 unspecified atom stereocenters. The molecule has 0 aromatic rings. The van der Waals surface area contributed by atoms with Gasteiger partial charge in [0, 0.05) is 6.54 Å². The Morgan fingerprint density at radius 3 is 2.53 bits per heavy atom. The Morgan fingerprint density at radius 2 is 1.91 bits per heavy atom. The van der Waals surface area contributed by atoms with Crippen molar-refractivity contribution in [1.82, 2.24) is 20.9 Å². The van der Waals surface area contributed by atoms with Gasteiger partial charge in [0.2, 0.25) is 17.7 Å². The minimum absolute atomic E-state index is 0.215. The Morgan fingerprint density at radius 1 is 1.12 bits per heavy atom. The number of unbranched alkanes of at least 4 members (excludes halogenated alkanes) is 1. The minimum Gasteiger partial charge on any atom is -0.480 e. The van der Waals surface area contributed by atoms with Crippen molar-refractivity contribution in [3.63, 3.8) is 0 Å². The highest BCUT2D eigenvalue weighted by Crippen LogP contribution is 2.20. The lowest BCUT2D eigenvalue weighted by molar-refractivity contribution is -0.149. The molecule has 2 saturated heterocycles. The van der Waals surface area contributed by atoms with E-state index in [0.717, 1.165) is 25.8 Å². The highest BCUT2D eigenvalue weighted by atomic mass is 32.2. The van der Waals surface area contributed by atoms with E-state index >= 15 is 0 Å². The van der Waals surface area contributed by atoms with Gasteiger partial charge >= 0.3 is 5.97 Å². The van der Waals surface area contributed by atoms with Crippen molar-refractivity contribution < 1.29 is 24.3 Å². The number of carbonyl (C=O) groups excluding carboxylic acids is 3. The van der Waals surface area contributed by atoms with E-state index in [9.17, 15) is 24.3 Å². The SMILES string of the molecule is CSCCC(NC(=O)C(CCCCN)NC(=O)C1CCCN1)C(=O)N1CCCC1C(=O)O. The van der Waals surface area contributed by atoms with Gasteiger partial charge in [0.1, 0.15) is 18.1 Å². The third-order valence-electron chi connectivity index (χ3n) is 6.00. The zero-order chi connectivity index (χ0) is 23.5. The Kier molecular flexibility index (Phi) is 11.3. The number of hydrogen-bond donors (Lipinski definition) is 5. The number of hydrogen-bond acceptors (Lipinski definition) is 7. The number of carbonyl (C=O) groups is 4. The first-order valence-electron chi connectivity index (χ1n) is 11.5. The Balaban J connectivity index is 2.08. The molecule has 0 aromatic carbocycles. The number of amides is 3. The lowest BCUT2D eigenvalue weighted by Gasteiger charge is -2.29. The van der Waals surface area contributed by atoms with Crippen LogP contribution < -0.4 is 21.7 Å². The number of carboxylic acids is 1. The molecule has 11 heteroatoms. The topological polar surface area (TPSA) is 154 Å². The summed E-state index contributed by atoms with van der Waals surface area (Å²) in [6.07, 6.45) is 6.79. The molecule has 182 valence electrons. The van der Waals surface area contributed by atoms with Gasteiger partial charge in [-0.15, -0.1) is 0 Å². The van der Waals surface area contributed by atoms with E-state index in [4.69, 9.17) is 5.73 Å². The van der Waals surface area contributed by atoms with Crippen LogP contribution in [0.4, 0.5) is 0 Å². The number of nitrogens with one attached hydrogen (secondary N) is 3. The van der Waals surface area contributed by atoms with Crippen molar-refractivity contribution in [2.45, 2.75) is 75.5 Å². The number of likely N-dealkylation sites (tertiary alicyclic amines) is 1. The van der Waals surface area contributed by atoms with Crippen LogP contribution in [-0.4, -0.2) is 89.5 Å². The van der Waals surface area contributed by atoms with Gasteiger partial charge in [-0.2, -0.15) is 11.8 Å². The van der Waals surface area contributed by atoms with Crippen LogP contribution >= 0.6 is 11.8 Å². The standard InChI is InChI=1S/C21H37N5O5S/c1-32-13-9-16(20(29)26-12-5-8-17(26)21(30)31)25-19(28)15(6-2-3-10-22)24-18(27)14-7-4-11-23-14/h14-17,23H,2-13,22H2,1H3,(H,24,27)(H,25,28)(H,30,31). The normalized spacial score (nSPS) is 22.4. The molecule has 4 atom stereocenters. The van der Waals surface area contributed by atoms with Crippen molar-refractivity contribution in [2.24, 2.45) is 5.73 Å². The lowest BCUT2D eigenvalue weighted by atomic mass is 10.1. The monoisotopic (exact) mass is 471 g/mol. The average Bonchev–Trinajstić information content (AvgIpc) is 3.47. The van der Waals surface area contributed by atoms with Crippen LogP contribution in [0.15, 0.2) is 0 Å². The number of nitrogens with two attached hydrogens (primary N) is 1. The molecule has 10 nitrogen and oxygen atoms in total. The van der Waals surface area contributed by atoms with Crippen molar-refractivity contribution in [1.29, 1.82) is 0 Å². The third-order valence-corrected chi connectivity index (χ3v) is 6.65. The minimum atomic E-state index is -1.03. The molecule has 0 radical (unpaired) electrons. The van der Waals surface area contributed by atoms with Gasteiger partial charge in [-0.1, -0.05) is 0 Å². The molecule has 0 spiro atoms. The predicted octanol–water partition coefficient (Wildman–Crippen LogP) is -0.334. The summed E-state index contributed by atoms with van der Waals surface area (Å²) in [5.41, 5.74) is 5.58. The molecular formula is C21H37N5O5S. The summed E-state index contributed by atoms with van der Waals surface area (Å²) in [6, 6.07) is -2.76. The van der Waals surface area contributed by atoms with Crippen molar-refractivity contribution in [2.75, 3.05) is 31.6 Å². The summed E-state index contributed by atoms with van der Waals surface area (Å²) in [6.45, 7) is 1.63. The summed E-state index contributed by atoms with van der Waals surface area (Å²) in [5.74, 6) is -1.39. The summed E-state index contributed by atoms with van der Waals surface area (Å²) in [4.78, 5) is 51.7. The number of nitrogens with zero attached hydrogens (tertiary/aromatic N) is 1. The molecule has 2 heterocycles. The smallest absolute Gasteiger partial charge is 0.326 e. The molecule has 2 aliphatic heterocycles. The van der Waals surface area contributed by atoms with Gasteiger partial charge in [-0.25, -0.2) is 4.79 Å². The first-order valence-corrected chi connectivity index (χ1v) is 12.8. The molecule has 0 aromatic heterocycles. The van der Waals surface area contributed by atoms with Gasteiger partial charge in [-0.05, 0) is 76.5 Å². The summed E-state index contributed by atoms with van der Waals surface area (Å²) < 4.78 is 0. The van der Waals surface area contributed by atoms with E-state index in [1.165, 1.54) is 4.90 Å². The first-order chi connectivity index (χ1) is 15.4. The van der Waals surface area contributed by atoms with Crippen LogP contribution in [0.1, 0.15) is 51.4 Å². The summed E-state index contributed by atoms with van der Waals surface area (Å²) in [5, 5.41) is 18.2. The Hall–Kier alpha value is -1.85. The zero-order valence-electron chi connectivity index (χ0n) is 18.8. The molecule has 2 rings (SSSR count). The van der Waals surface area contributed by atoms with E-state index in [1.54, 1.807) is 11.8 Å². The fourth-order valence-electron chi connectivity index (χ4n) is 4.20. The van der Waals surface area contributed by atoms with E-state index in [1.807, 2.05) is 6.26 Å². The van der Waals surface area contributed by atoms with E-state index < -0.39 is 30.0 Å². The zero-order valence-corrected chi connectivity index (χ0v) is 19.6. The van der Waals surface area contributed by atoms with Gasteiger partial charge in [0.15, 0.2) is 0 Å². The highest BCUT2D eigenvalue weighted by molar-refractivity contribution is 7.98. The second-order valence-corrected chi connectivity index (χ2v) is 9.35. The summed E-state index contributed by atoms with van der Waals surface area (Å²) in [7, 11) is 0. The fourth-order valence-corrected chi connectivity index (χ4v) is 4.67. The summed E-state index contributed by atoms with van der Waals surface area (Å²) >= 11 is 1.55. The Bertz CT molecular complexity index is 658. The van der Waals surface area contributed by atoms with Crippen molar-refractivity contribution in [3.05, 3.63) is 0 Å². The van der Waals surface area contributed by atoms with Gasteiger partial charge in [0.25, 0.3) is 0 Å². The molecule has 32 heavy (non-hydrogen) atoms. The maximum Gasteiger partial charge on any atom is 0.326 e. The number of aliphatic carboxylic acids is 1. The molecule has 3 amide bonds. The van der Waals surface area contributed by atoms with E-state index in [0.29, 0.717) is 50.9 Å². The van der Waals surface area contributed by atoms with E-state index in [-0.39, 0.29) is 17.9 Å². The fraction of sp³-hybridized carbons (Fsp3) is 0.810. The van der Waals surface area contributed by atoms with Crippen LogP contribution in [0.5, 0.6) is 0 Å².